The zero-order chi connectivity index (χ0) is 12.2. The van der Waals surface area contributed by atoms with Gasteiger partial charge in [-0.15, -0.1) is 12.4 Å². The molecule has 1 unspecified atom stereocenters. The van der Waals surface area contributed by atoms with E-state index in [9.17, 15) is 4.79 Å². The van der Waals surface area contributed by atoms with Crippen LogP contribution in [0.25, 0.3) is 0 Å². The Kier molecular flexibility index (Phi) is 7.10. The lowest BCUT2D eigenvalue weighted by atomic mass is 9.81. The van der Waals surface area contributed by atoms with Crippen molar-refractivity contribution in [3.05, 3.63) is 0 Å². The van der Waals surface area contributed by atoms with Gasteiger partial charge in [0.05, 0.1) is 5.54 Å². The first-order valence-corrected chi connectivity index (χ1v) is 6.54. The fraction of sp³-hybridized carbons (Fsp3) is 0.923. The molecule has 1 amide bonds. The third-order valence-corrected chi connectivity index (χ3v) is 3.80. The summed E-state index contributed by atoms with van der Waals surface area (Å²) in [5.41, 5.74) is 5.66. The van der Waals surface area contributed by atoms with Crippen molar-refractivity contribution >= 4 is 18.3 Å². The van der Waals surface area contributed by atoms with Gasteiger partial charge in [0.2, 0.25) is 5.91 Å². The van der Waals surface area contributed by atoms with Crippen LogP contribution in [0.3, 0.4) is 0 Å². The van der Waals surface area contributed by atoms with E-state index >= 15 is 0 Å². The molecule has 1 aliphatic rings. The van der Waals surface area contributed by atoms with Crippen LogP contribution in [0, 0.1) is 5.92 Å². The summed E-state index contributed by atoms with van der Waals surface area (Å²) in [5.74, 6) is 0.702. The van der Waals surface area contributed by atoms with Crippen LogP contribution in [0.1, 0.15) is 52.4 Å². The Labute approximate surface area is 112 Å². The molecule has 0 spiro atoms. The van der Waals surface area contributed by atoms with E-state index in [0.29, 0.717) is 5.92 Å². The van der Waals surface area contributed by atoms with Gasteiger partial charge in [-0.1, -0.05) is 39.5 Å². The second kappa shape index (κ2) is 7.22. The third kappa shape index (κ3) is 4.47. The van der Waals surface area contributed by atoms with Crippen molar-refractivity contribution in [3.63, 3.8) is 0 Å². The van der Waals surface area contributed by atoms with E-state index in [0.717, 1.165) is 38.6 Å². The van der Waals surface area contributed by atoms with Crippen molar-refractivity contribution in [2.24, 2.45) is 11.7 Å². The number of carbonyl (C=O) groups is 1. The number of likely N-dealkylation sites (N-methyl/N-ethyl adjacent to an activating group) is 1. The van der Waals surface area contributed by atoms with E-state index in [1.165, 1.54) is 6.42 Å². The number of hydrogen-bond acceptors (Lipinski definition) is 2. The molecule has 0 aromatic carbocycles. The van der Waals surface area contributed by atoms with Crippen molar-refractivity contribution in [2.75, 3.05) is 13.6 Å². The normalized spacial score (nSPS) is 20.2. The van der Waals surface area contributed by atoms with E-state index in [4.69, 9.17) is 5.73 Å². The molecule has 1 aliphatic carbocycles. The lowest BCUT2D eigenvalue weighted by Crippen LogP contribution is -2.55. The number of hydrogen-bond donors (Lipinski definition) is 1. The maximum Gasteiger partial charge on any atom is 0.242 e. The Bertz CT molecular complexity index is 240. The highest BCUT2D eigenvalue weighted by atomic mass is 35.5. The van der Waals surface area contributed by atoms with Crippen LogP contribution in [-0.4, -0.2) is 29.9 Å². The quantitative estimate of drug-likeness (QED) is 0.847. The van der Waals surface area contributed by atoms with E-state index in [2.05, 4.69) is 13.8 Å². The summed E-state index contributed by atoms with van der Waals surface area (Å²) in [4.78, 5) is 14.1. The lowest BCUT2D eigenvalue weighted by Gasteiger charge is -2.36. The molecule has 0 saturated heterocycles. The molecule has 0 aromatic heterocycles. The maximum absolute atomic E-state index is 12.3. The highest BCUT2D eigenvalue weighted by molar-refractivity contribution is 5.86. The fourth-order valence-electron chi connectivity index (χ4n) is 2.46. The van der Waals surface area contributed by atoms with Crippen molar-refractivity contribution < 1.29 is 4.79 Å². The molecule has 0 radical (unpaired) electrons. The lowest BCUT2D eigenvalue weighted by molar-refractivity contribution is -0.137. The first-order chi connectivity index (χ1) is 7.49. The Morgan fingerprint density at radius 2 is 1.88 bits per heavy atom. The largest absolute Gasteiger partial charge is 0.344 e. The predicted molar refractivity (Wildman–Crippen MR) is 74.3 cm³/mol. The third-order valence-electron chi connectivity index (χ3n) is 3.80. The van der Waals surface area contributed by atoms with Crippen LogP contribution in [0.15, 0.2) is 0 Å². The van der Waals surface area contributed by atoms with Crippen LogP contribution < -0.4 is 5.73 Å². The van der Waals surface area contributed by atoms with E-state index in [1.54, 1.807) is 0 Å². The summed E-state index contributed by atoms with van der Waals surface area (Å²) in [6.45, 7) is 5.16. The van der Waals surface area contributed by atoms with Gasteiger partial charge in [-0.25, -0.2) is 0 Å². The molecule has 0 aromatic rings. The fourth-order valence-corrected chi connectivity index (χ4v) is 2.46. The van der Waals surface area contributed by atoms with Gasteiger partial charge >= 0.3 is 0 Å². The van der Waals surface area contributed by atoms with Crippen molar-refractivity contribution in [1.82, 2.24) is 4.90 Å². The smallest absolute Gasteiger partial charge is 0.242 e. The molecule has 4 heteroatoms. The number of halogens is 1. The van der Waals surface area contributed by atoms with E-state index in [1.807, 2.05) is 11.9 Å². The van der Waals surface area contributed by atoms with Gasteiger partial charge < -0.3 is 10.6 Å². The highest BCUT2D eigenvalue weighted by Gasteiger charge is 2.37. The molecule has 1 fully saturated rings. The average molecular weight is 263 g/mol. The van der Waals surface area contributed by atoms with Gasteiger partial charge in [-0.2, -0.15) is 0 Å². The minimum atomic E-state index is -0.569. The summed E-state index contributed by atoms with van der Waals surface area (Å²) >= 11 is 0. The van der Waals surface area contributed by atoms with Crippen LogP contribution in [0.5, 0.6) is 0 Å². The Balaban J connectivity index is 0.00000256. The SMILES string of the molecule is CCC(C)CN(C)C(=O)C1(N)CCCCC1.Cl. The molecule has 1 saturated carbocycles. The number of nitrogens with zero attached hydrogens (tertiary/aromatic N) is 1. The molecule has 2 N–H and O–H groups in total. The second-order valence-electron chi connectivity index (χ2n) is 5.42. The topological polar surface area (TPSA) is 46.3 Å². The molecule has 0 aliphatic heterocycles. The van der Waals surface area contributed by atoms with Gasteiger partial charge in [0, 0.05) is 13.6 Å². The molecule has 0 bridgehead atoms. The summed E-state index contributed by atoms with van der Waals surface area (Å²) in [6, 6.07) is 0. The maximum atomic E-state index is 12.3. The highest BCUT2D eigenvalue weighted by Crippen LogP contribution is 2.27. The minimum absolute atomic E-state index is 0. The van der Waals surface area contributed by atoms with Crippen molar-refractivity contribution in [3.8, 4) is 0 Å². The Hall–Kier alpha value is -0.280. The van der Waals surface area contributed by atoms with Crippen LogP contribution in [0.2, 0.25) is 0 Å². The Morgan fingerprint density at radius 3 is 2.35 bits per heavy atom. The summed E-state index contributed by atoms with van der Waals surface area (Å²) in [6.07, 6.45) is 6.24. The predicted octanol–water partition coefficient (Wildman–Crippen LogP) is 2.57. The van der Waals surface area contributed by atoms with Gasteiger partial charge in [-0.3, -0.25) is 4.79 Å². The van der Waals surface area contributed by atoms with E-state index < -0.39 is 5.54 Å². The van der Waals surface area contributed by atoms with Crippen LogP contribution in [-0.2, 0) is 4.79 Å². The Morgan fingerprint density at radius 1 is 1.35 bits per heavy atom. The minimum Gasteiger partial charge on any atom is -0.344 e. The molecule has 1 rings (SSSR count). The number of amides is 1. The molecule has 1 atom stereocenters. The van der Waals surface area contributed by atoms with Gasteiger partial charge in [0.1, 0.15) is 0 Å². The first-order valence-electron chi connectivity index (χ1n) is 6.54. The van der Waals surface area contributed by atoms with Crippen LogP contribution >= 0.6 is 12.4 Å². The molecule has 0 heterocycles. The van der Waals surface area contributed by atoms with Gasteiger partial charge in [-0.05, 0) is 18.8 Å². The molecular formula is C13H27ClN2O. The second-order valence-corrected chi connectivity index (χ2v) is 5.42. The zero-order valence-corrected chi connectivity index (χ0v) is 12.2. The van der Waals surface area contributed by atoms with Crippen molar-refractivity contribution in [2.45, 2.75) is 57.9 Å². The summed E-state index contributed by atoms with van der Waals surface area (Å²) < 4.78 is 0. The van der Waals surface area contributed by atoms with Gasteiger partial charge in [0.15, 0.2) is 0 Å². The van der Waals surface area contributed by atoms with Gasteiger partial charge in [0.25, 0.3) is 0 Å². The van der Waals surface area contributed by atoms with E-state index in [-0.39, 0.29) is 18.3 Å². The number of rotatable bonds is 4. The van der Waals surface area contributed by atoms with Crippen LogP contribution in [0.4, 0.5) is 0 Å². The summed E-state index contributed by atoms with van der Waals surface area (Å²) in [5, 5.41) is 0. The summed E-state index contributed by atoms with van der Waals surface area (Å²) in [7, 11) is 1.89. The van der Waals surface area contributed by atoms with Crippen molar-refractivity contribution in [1.29, 1.82) is 0 Å². The molecule has 3 nitrogen and oxygen atoms in total. The monoisotopic (exact) mass is 262 g/mol. The molecule has 17 heavy (non-hydrogen) atoms. The zero-order valence-electron chi connectivity index (χ0n) is 11.4. The first kappa shape index (κ1) is 16.7. The number of nitrogens with two attached hydrogens (primary N) is 1. The number of carbonyl (C=O) groups excluding carboxylic acids is 1. The molecule has 102 valence electrons. The molecular weight excluding hydrogens is 236 g/mol. The standard InChI is InChI=1S/C13H26N2O.ClH/c1-4-11(2)10-15(3)12(16)13(14)8-6-5-7-9-13;/h11H,4-10,14H2,1-3H3;1H. The average Bonchev–Trinajstić information content (AvgIpc) is 2.28.